The fraction of sp³-hybridized carbons (Fsp3) is 0.200. The van der Waals surface area contributed by atoms with E-state index in [-0.39, 0.29) is 0 Å². The van der Waals surface area contributed by atoms with Gasteiger partial charge < -0.3 is 16.2 Å². The van der Waals surface area contributed by atoms with Crippen LogP contribution in [0.25, 0.3) is 0 Å². The van der Waals surface area contributed by atoms with E-state index in [0.29, 0.717) is 11.4 Å². The zero-order valence-electron chi connectivity index (χ0n) is 9.25. The molecule has 0 saturated carbocycles. The summed E-state index contributed by atoms with van der Waals surface area (Å²) < 4.78 is 4.97. The quantitative estimate of drug-likeness (QED) is 0.392. The molecule has 5 N–H and O–H groups in total. The van der Waals surface area contributed by atoms with Crippen molar-refractivity contribution in [3.8, 4) is 5.75 Å². The van der Waals surface area contributed by atoms with Crippen LogP contribution >= 0.6 is 0 Å². The molecule has 7 heteroatoms. The van der Waals surface area contributed by atoms with Gasteiger partial charge in [-0.15, -0.1) is 0 Å². The standard InChI is InChI=1S/C10H13N5O2/c1-17-7-4-2-6(3-5-7)14-15-8(9(11)12)10(13)16/h2-5,8H,1H3,(H3,11,12)(H2,13,16). The number of nitrogens with zero attached hydrogens (tertiary/aromatic N) is 2. The first kappa shape index (κ1) is 12.6. The molecule has 7 nitrogen and oxygen atoms in total. The van der Waals surface area contributed by atoms with Crippen LogP contribution in [-0.2, 0) is 4.79 Å². The number of primary amides is 1. The minimum absolute atomic E-state index is 0.435. The lowest BCUT2D eigenvalue weighted by Crippen LogP contribution is -2.38. The maximum absolute atomic E-state index is 10.9. The molecule has 0 aromatic heterocycles. The van der Waals surface area contributed by atoms with Gasteiger partial charge in [-0.1, -0.05) is 0 Å². The van der Waals surface area contributed by atoms with Crippen molar-refractivity contribution < 1.29 is 9.53 Å². The molecule has 0 radical (unpaired) electrons. The van der Waals surface area contributed by atoms with Crippen molar-refractivity contribution in [1.29, 1.82) is 5.41 Å². The Morgan fingerprint density at radius 1 is 1.35 bits per heavy atom. The first-order chi connectivity index (χ1) is 8.04. The summed E-state index contributed by atoms with van der Waals surface area (Å²) in [6, 6.07) is 5.47. The van der Waals surface area contributed by atoms with E-state index in [4.69, 9.17) is 21.6 Å². The Labute approximate surface area is 98.0 Å². The number of azo groups is 1. The number of hydrogen-bond donors (Lipinski definition) is 3. The Hall–Kier alpha value is -2.44. The maximum atomic E-state index is 10.9. The summed E-state index contributed by atoms with van der Waals surface area (Å²) in [5.41, 5.74) is 10.7. The largest absolute Gasteiger partial charge is 0.497 e. The monoisotopic (exact) mass is 235 g/mol. The predicted octanol–water partition coefficient (Wildman–Crippen LogP) is 0.569. The minimum Gasteiger partial charge on any atom is -0.497 e. The van der Waals surface area contributed by atoms with Crippen molar-refractivity contribution in [2.45, 2.75) is 6.04 Å². The molecule has 1 aromatic carbocycles. The smallest absolute Gasteiger partial charge is 0.251 e. The van der Waals surface area contributed by atoms with E-state index in [1.54, 1.807) is 31.4 Å². The number of carbonyl (C=O) groups is 1. The van der Waals surface area contributed by atoms with Crippen molar-refractivity contribution in [1.82, 2.24) is 0 Å². The molecule has 17 heavy (non-hydrogen) atoms. The number of benzene rings is 1. The number of nitrogens with one attached hydrogen (secondary N) is 1. The molecule has 1 aromatic rings. The van der Waals surface area contributed by atoms with E-state index in [2.05, 4.69) is 10.2 Å². The zero-order valence-corrected chi connectivity index (χ0v) is 9.25. The number of rotatable bonds is 5. The summed E-state index contributed by atoms with van der Waals surface area (Å²) in [7, 11) is 1.55. The highest BCUT2D eigenvalue weighted by Crippen LogP contribution is 2.18. The molecule has 0 bridgehead atoms. The molecule has 1 rings (SSSR count). The number of amidine groups is 1. The Morgan fingerprint density at radius 3 is 2.35 bits per heavy atom. The van der Waals surface area contributed by atoms with Crippen LogP contribution in [0.2, 0.25) is 0 Å². The molecule has 0 spiro atoms. The third-order valence-corrected chi connectivity index (χ3v) is 1.93. The van der Waals surface area contributed by atoms with E-state index in [9.17, 15) is 4.79 Å². The lowest BCUT2D eigenvalue weighted by atomic mass is 10.3. The molecular weight excluding hydrogens is 222 g/mol. The van der Waals surface area contributed by atoms with Gasteiger partial charge in [0.25, 0.3) is 5.91 Å². The van der Waals surface area contributed by atoms with Crippen LogP contribution in [0.5, 0.6) is 5.75 Å². The van der Waals surface area contributed by atoms with Crippen molar-refractivity contribution in [3.05, 3.63) is 24.3 Å². The Bertz CT molecular complexity index is 427. The third kappa shape index (κ3) is 3.56. The molecule has 1 unspecified atom stereocenters. The molecular formula is C10H13N5O2. The number of amides is 1. The van der Waals surface area contributed by atoms with E-state index in [0.717, 1.165) is 0 Å². The van der Waals surface area contributed by atoms with Crippen LogP contribution in [0.15, 0.2) is 34.5 Å². The predicted molar refractivity (Wildman–Crippen MR) is 62.4 cm³/mol. The van der Waals surface area contributed by atoms with E-state index in [1.165, 1.54) is 0 Å². The summed E-state index contributed by atoms with van der Waals surface area (Å²) in [6.07, 6.45) is 0. The number of methoxy groups -OCH3 is 1. The van der Waals surface area contributed by atoms with Crippen molar-refractivity contribution in [2.75, 3.05) is 7.11 Å². The zero-order chi connectivity index (χ0) is 12.8. The van der Waals surface area contributed by atoms with Crippen LogP contribution < -0.4 is 16.2 Å². The molecule has 0 saturated heterocycles. The summed E-state index contributed by atoms with van der Waals surface area (Å²) in [4.78, 5) is 10.9. The summed E-state index contributed by atoms with van der Waals surface area (Å²) in [6.45, 7) is 0. The number of hydrogen-bond acceptors (Lipinski definition) is 5. The van der Waals surface area contributed by atoms with Gasteiger partial charge in [0.15, 0.2) is 0 Å². The highest BCUT2D eigenvalue weighted by molar-refractivity contribution is 6.04. The molecule has 0 heterocycles. The first-order valence-corrected chi connectivity index (χ1v) is 4.72. The van der Waals surface area contributed by atoms with Crippen LogP contribution in [-0.4, -0.2) is 24.9 Å². The van der Waals surface area contributed by atoms with Gasteiger partial charge in [0, 0.05) is 0 Å². The lowest BCUT2D eigenvalue weighted by molar-refractivity contribution is -0.117. The highest BCUT2D eigenvalue weighted by Gasteiger charge is 2.17. The normalized spacial score (nSPS) is 12.3. The highest BCUT2D eigenvalue weighted by atomic mass is 16.5. The second-order valence-corrected chi connectivity index (χ2v) is 3.17. The second-order valence-electron chi connectivity index (χ2n) is 3.17. The van der Waals surface area contributed by atoms with Gasteiger partial charge >= 0.3 is 0 Å². The van der Waals surface area contributed by atoms with E-state index in [1.807, 2.05) is 0 Å². The second kappa shape index (κ2) is 5.59. The third-order valence-electron chi connectivity index (χ3n) is 1.93. The molecule has 0 aliphatic heterocycles. The molecule has 0 aliphatic rings. The van der Waals surface area contributed by atoms with E-state index >= 15 is 0 Å². The molecule has 1 atom stereocenters. The van der Waals surface area contributed by atoms with Gasteiger partial charge in [0.2, 0.25) is 6.04 Å². The van der Waals surface area contributed by atoms with Gasteiger partial charge in [-0.3, -0.25) is 10.2 Å². The van der Waals surface area contributed by atoms with Gasteiger partial charge in [0.05, 0.1) is 12.8 Å². The van der Waals surface area contributed by atoms with Crippen molar-refractivity contribution in [2.24, 2.45) is 21.7 Å². The SMILES string of the molecule is COc1ccc(N=NC(C(=N)N)C(N)=O)cc1. The average molecular weight is 235 g/mol. The maximum Gasteiger partial charge on any atom is 0.251 e. The van der Waals surface area contributed by atoms with Gasteiger partial charge in [-0.05, 0) is 24.3 Å². The van der Waals surface area contributed by atoms with Crippen molar-refractivity contribution >= 4 is 17.4 Å². The first-order valence-electron chi connectivity index (χ1n) is 4.72. The van der Waals surface area contributed by atoms with Crippen LogP contribution in [0, 0.1) is 5.41 Å². The van der Waals surface area contributed by atoms with Gasteiger partial charge in [0.1, 0.15) is 11.6 Å². The summed E-state index contributed by atoms with van der Waals surface area (Å²) in [5, 5.41) is 14.5. The number of nitrogens with two attached hydrogens (primary N) is 2. The molecule has 1 amide bonds. The fourth-order valence-corrected chi connectivity index (χ4v) is 1.05. The molecule has 0 fully saturated rings. The van der Waals surface area contributed by atoms with Gasteiger partial charge in [-0.2, -0.15) is 10.2 Å². The average Bonchev–Trinajstić information content (AvgIpc) is 2.29. The minimum atomic E-state index is -1.22. The Kier molecular flexibility index (Phi) is 4.15. The summed E-state index contributed by atoms with van der Waals surface area (Å²) in [5.74, 6) is -0.563. The summed E-state index contributed by atoms with van der Waals surface area (Å²) >= 11 is 0. The Balaban J connectivity index is 2.81. The van der Waals surface area contributed by atoms with E-state index < -0.39 is 17.8 Å². The van der Waals surface area contributed by atoms with Crippen LogP contribution in [0.4, 0.5) is 5.69 Å². The lowest BCUT2D eigenvalue weighted by Gasteiger charge is -2.03. The Morgan fingerprint density at radius 2 is 1.94 bits per heavy atom. The van der Waals surface area contributed by atoms with Crippen LogP contribution in [0.3, 0.4) is 0 Å². The van der Waals surface area contributed by atoms with Gasteiger partial charge in [-0.25, -0.2) is 0 Å². The fourth-order valence-electron chi connectivity index (χ4n) is 1.05. The molecule has 0 aliphatic carbocycles. The number of carbonyl (C=O) groups excluding carboxylic acids is 1. The van der Waals surface area contributed by atoms with Crippen molar-refractivity contribution in [3.63, 3.8) is 0 Å². The van der Waals surface area contributed by atoms with Crippen LogP contribution in [0.1, 0.15) is 0 Å². The number of ether oxygens (including phenoxy) is 1. The topological polar surface area (TPSA) is 127 Å². The molecule has 90 valence electrons.